The van der Waals surface area contributed by atoms with E-state index in [9.17, 15) is 9.59 Å². The van der Waals surface area contributed by atoms with Gasteiger partial charge in [-0.25, -0.2) is 5.84 Å². The van der Waals surface area contributed by atoms with Crippen LogP contribution in [0.1, 0.15) is 19.8 Å². The van der Waals surface area contributed by atoms with E-state index in [2.05, 4.69) is 5.32 Å². The van der Waals surface area contributed by atoms with E-state index in [4.69, 9.17) is 5.84 Å². The largest absolute Gasteiger partial charge is 0.356 e. The van der Waals surface area contributed by atoms with Crippen LogP contribution in [0.15, 0.2) is 0 Å². The second-order valence-corrected chi connectivity index (χ2v) is 2.02. The van der Waals surface area contributed by atoms with Crippen molar-refractivity contribution in [1.82, 2.24) is 10.7 Å². The fourth-order valence-electron chi connectivity index (χ4n) is 0.513. The molecule has 4 N–H and O–H groups in total. The van der Waals surface area contributed by atoms with E-state index in [0.29, 0.717) is 13.0 Å². The molecule has 0 atom stereocenters. The SMILES string of the molecule is CCC(=O)NCCC(=O)NN. The zero-order valence-corrected chi connectivity index (χ0v) is 6.52. The Morgan fingerprint density at radius 1 is 1.36 bits per heavy atom. The molecular weight excluding hydrogens is 146 g/mol. The Kier molecular flexibility index (Phi) is 5.10. The third-order valence-electron chi connectivity index (χ3n) is 1.16. The fraction of sp³-hybridized carbons (Fsp3) is 0.667. The molecule has 0 unspecified atom stereocenters. The lowest BCUT2D eigenvalue weighted by Crippen LogP contribution is -2.34. The first-order valence-corrected chi connectivity index (χ1v) is 3.46. The summed E-state index contributed by atoms with van der Waals surface area (Å²) in [6, 6.07) is 0. The van der Waals surface area contributed by atoms with Crippen LogP contribution in [0.2, 0.25) is 0 Å². The Labute approximate surface area is 65.3 Å². The molecule has 0 aromatic heterocycles. The van der Waals surface area contributed by atoms with Crippen molar-refractivity contribution in [2.24, 2.45) is 5.84 Å². The number of hydrogen-bond donors (Lipinski definition) is 3. The molecule has 0 spiro atoms. The molecule has 0 aromatic carbocycles. The number of amides is 2. The first kappa shape index (κ1) is 9.90. The molecule has 64 valence electrons. The van der Waals surface area contributed by atoms with Crippen molar-refractivity contribution >= 4 is 11.8 Å². The summed E-state index contributed by atoms with van der Waals surface area (Å²) in [5.74, 6) is 4.47. The van der Waals surface area contributed by atoms with Crippen LogP contribution in [0.5, 0.6) is 0 Å². The highest BCUT2D eigenvalue weighted by Crippen LogP contribution is 1.78. The van der Waals surface area contributed by atoms with E-state index in [1.165, 1.54) is 0 Å². The van der Waals surface area contributed by atoms with E-state index in [1.807, 2.05) is 5.43 Å². The summed E-state index contributed by atoms with van der Waals surface area (Å²) >= 11 is 0. The van der Waals surface area contributed by atoms with Crippen molar-refractivity contribution in [2.75, 3.05) is 6.54 Å². The van der Waals surface area contributed by atoms with Gasteiger partial charge in [-0.1, -0.05) is 6.92 Å². The normalized spacial score (nSPS) is 8.91. The smallest absolute Gasteiger partial charge is 0.235 e. The Morgan fingerprint density at radius 3 is 2.45 bits per heavy atom. The van der Waals surface area contributed by atoms with E-state index >= 15 is 0 Å². The van der Waals surface area contributed by atoms with Crippen LogP contribution in [-0.2, 0) is 9.59 Å². The van der Waals surface area contributed by atoms with Crippen molar-refractivity contribution in [2.45, 2.75) is 19.8 Å². The second-order valence-electron chi connectivity index (χ2n) is 2.02. The van der Waals surface area contributed by atoms with Crippen LogP contribution in [0.4, 0.5) is 0 Å². The number of rotatable bonds is 4. The predicted octanol–water partition coefficient (Wildman–Crippen LogP) is -1.11. The van der Waals surface area contributed by atoms with Gasteiger partial charge in [-0.15, -0.1) is 0 Å². The first-order valence-electron chi connectivity index (χ1n) is 3.46. The van der Waals surface area contributed by atoms with Gasteiger partial charge in [-0.2, -0.15) is 0 Å². The number of nitrogens with two attached hydrogens (primary N) is 1. The van der Waals surface area contributed by atoms with Gasteiger partial charge in [0.05, 0.1) is 0 Å². The summed E-state index contributed by atoms with van der Waals surface area (Å²) in [7, 11) is 0. The average Bonchev–Trinajstić information content (AvgIpc) is 2.04. The maximum absolute atomic E-state index is 10.6. The number of hydrogen-bond acceptors (Lipinski definition) is 3. The van der Waals surface area contributed by atoms with Crippen LogP contribution in [-0.4, -0.2) is 18.4 Å². The molecule has 0 aromatic rings. The topological polar surface area (TPSA) is 84.2 Å². The van der Waals surface area contributed by atoms with E-state index in [0.717, 1.165) is 0 Å². The lowest BCUT2D eigenvalue weighted by atomic mass is 10.4. The summed E-state index contributed by atoms with van der Waals surface area (Å²) in [6.45, 7) is 2.09. The predicted molar refractivity (Wildman–Crippen MR) is 40.2 cm³/mol. The van der Waals surface area contributed by atoms with E-state index in [1.54, 1.807) is 6.92 Å². The maximum Gasteiger partial charge on any atom is 0.235 e. The van der Waals surface area contributed by atoms with Crippen LogP contribution in [0.25, 0.3) is 0 Å². The summed E-state index contributed by atoms with van der Waals surface area (Å²) in [5.41, 5.74) is 1.97. The van der Waals surface area contributed by atoms with Crippen LogP contribution in [0.3, 0.4) is 0 Å². The van der Waals surface area contributed by atoms with Gasteiger partial charge >= 0.3 is 0 Å². The lowest BCUT2D eigenvalue weighted by molar-refractivity contribution is -0.122. The van der Waals surface area contributed by atoms with Crippen LogP contribution >= 0.6 is 0 Å². The Morgan fingerprint density at radius 2 is 2.00 bits per heavy atom. The van der Waals surface area contributed by atoms with E-state index in [-0.39, 0.29) is 18.2 Å². The van der Waals surface area contributed by atoms with E-state index < -0.39 is 0 Å². The minimum absolute atomic E-state index is 0.0604. The Balaban J connectivity index is 3.27. The van der Waals surface area contributed by atoms with Gasteiger partial charge in [0.2, 0.25) is 11.8 Å². The summed E-state index contributed by atoms with van der Waals surface area (Å²) in [4.78, 5) is 21.1. The van der Waals surface area contributed by atoms with Crippen LogP contribution in [0, 0.1) is 0 Å². The minimum Gasteiger partial charge on any atom is -0.356 e. The molecule has 0 aliphatic heterocycles. The van der Waals surface area contributed by atoms with Crippen molar-refractivity contribution in [3.8, 4) is 0 Å². The van der Waals surface area contributed by atoms with Crippen molar-refractivity contribution in [3.63, 3.8) is 0 Å². The quantitative estimate of drug-likeness (QED) is 0.276. The molecular formula is C6H13N3O2. The summed E-state index contributed by atoms with van der Waals surface area (Å²) < 4.78 is 0. The fourth-order valence-corrected chi connectivity index (χ4v) is 0.513. The highest BCUT2D eigenvalue weighted by atomic mass is 16.2. The third kappa shape index (κ3) is 5.35. The van der Waals surface area contributed by atoms with Crippen LogP contribution < -0.4 is 16.6 Å². The van der Waals surface area contributed by atoms with Gasteiger partial charge in [0.25, 0.3) is 0 Å². The molecule has 0 radical (unpaired) electrons. The molecule has 0 saturated heterocycles. The van der Waals surface area contributed by atoms with Crippen molar-refractivity contribution < 1.29 is 9.59 Å². The number of carbonyl (C=O) groups excluding carboxylic acids is 2. The number of nitrogens with one attached hydrogen (secondary N) is 2. The highest BCUT2D eigenvalue weighted by molar-refractivity contribution is 5.78. The Bertz CT molecular complexity index is 131. The van der Waals surface area contributed by atoms with Gasteiger partial charge in [0.1, 0.15) is 0 Å². The van der Waals surface area contributed by atoms with Crippen molar-refractivity contribution in [3.05, 3.63) is 0 Å². The monoisotopic (exact) mass is 159 g/mol. The summed E-state index contributed by atoms with van der Waals surface area (Å²) in [5, 5.41) is 2.54. The molecule has 0 saturated carbocycles. The van der Waals surface area contributed by atoms with Gasteiger partial charge in [0, 0.05) is 19.4 Å². The zero-order chi connectivity index (χ0) is 8.69. The van der Waals surface area contributed by atoms with Gasteiger partial charge in [-0.3, -0.25) is 15.0 Å². The molecule has 0 aliphatic rings. The maximum atomic E-state index is 10.6. The molecule has 11 heavy (non-hydrogen) atoms. The van der Waals surface area contributed by atoms with Gasteiger partial charge in [-0.05, 0) is 0 Å². The number of hydrazine groups is 1. The second kappa shape index (κ2) is 5.67. The standard InChI is InChI=1S/C6H13N3O2/c1-2-5(10)8-4-3-6(11)9-7/h2-4,7H2,1H3,(H,8,10)(H,9,11). The number of carbonyl (C=O) groups is 2. The average molecular weight is 159 g/mol. The zero-order valence-electron chi connectivity index (χ0n) is 6.52. The third-order valence-corrected chi connectivity index (χ3v) is 1.16. The molecule has 5 heteroatoms. The van der Waals surface area contributed by atoms with Gasteiger partial charge < -0.3 is 5.32 Å². The van der Waals surface area contributed by atoms with Gasteiger partial charge in [0.15, 0.2) is 0 Å². The molecule has 0 heterocycles. The molecule has 0 aliphatic carbocycles. The highest BCUT2D eigenvalue weighted by Gasteiger charge is 1.99. The first-order chi connectivity index (χ1) is 5.20. The molecule has 5 nitrogen and oxygen atoms in total. The molecule has 0 bridgehead atoms. The van der Waals surface area contributed by atoms with Crippen molar-refractivity contribution in [1.29, 1.82) is 0 Å². The Hall–Kier alpha value is -1.10. The molecule has 0 rings (SSSR count). The minimum atomic E-state index is -0.276. The molecule has 2 amide bonds. The molecule has 0 fully saturated rings. The summed E-state index contributed by atoms with van der Waals surface area (Å²) in [6.07, 6.45) is 0.659. The lowest BCUT2D eigenvalue weighted by Gasteiger charge is -2.01.